The van der Waals surface area contributed by atoms with Crippen LogP contribution in [0.2, 0.25) is 10.0 Å². The van der Waals surface area contributed by atoms with E-state index < -0.39 is 0 Å². The predicted octanol–water partition coefficient (Wildman–Crippen LogP) is 5.13. The van der Waals surface area contributed by atoms with Crippen molar-refractivity contribution in [2.45, 2.75) is 13.8 Å². The highest BCUT2D eigenvalue weighted by molar-refractivity contribution is 7.80. The van der Waals surface area contributed by atoms with Crippen molar-refractivity contribution >= 4 is 51.9 Å². The summed E-state index contributed by atoms with van der Waals surface area (Å²) in [5, 5.41) is 5.32. The largest absolute Gasteiger partial charge is 0.368 e. The first-order valence-corrected chi connectivity index (χ1v) is 9.43. The predicted molar refractivity (Wildman–Crippen MR) is 112 cm³/mol. The summed E-state index contributed by atoms with van der Waals surface area (Å²) in [5.41, 5.74) is 4.61. The Labute approximate surface area is 164 Å². The van der Waals surface area contributed by atoms with Gasteiger partial charge in [-0.15, -0.1) is 0 Å². The highest BCUT2D eigenvalue weighted by Gasteiger charge is 2.19. The third-order valence-corrected chi connectivity index (χ3v) is 5.41. The average molecular weight is 394 g/mol. The minimum absolute atomic E-state index is 0.586. The summed E-state index contributed by atoms with van der Waals surface area (Å²) < 4.78 is 0. The number of anilines is 2. The van der Waals surface area contributed by atoms with E-state index in [1.807, 2.05) is 18.2 Å². The molecular formula is C19H21Cl2N3S. The van der Waals surface area contributed by atoms with Gasteiger partial charge in [0.25, 0.3) is 0 Å². The van der Waals surface area contributed by atoms with Crippen molar-refractivity contribution in [3.05, 3.63) is 57.6 Å². The summed E-state index contributed by atoms with van der Waals surface area (Å²) in [6.07, 6.45) is 0. The van der Waals surface area contributed by atoms with Gasteiger partial charge in [0.1, 0.15) is 0 Å². The summed E-state index contributed by atoms with van der Waals surface area (Å²) in [6, 6.07) is 12.2. The van der Waals surface area contributed by atoms with E-state index >= 15 is 0 Å². The standard InChI is InChI=1S/C19H21Cl2N3S/c1-13-9-14(2)11-15(10-13)22-19(25)24-7-5-23(6-8-24)16-3-4-17(20)18(21)12-16/h3-4,9-12H,5-8H2,1-2H3,(H,22,25). The summed E-state index contributed by atoms with van der Waals surface area (Å²) in [5.74, 6) is 0. The second kappa shape index (κ2) is 7.81. The van der Waals surface area contributed by atoms with Gasteiger partial charge in [-0.2, -0.15) is 0 Å². The maximum atomic E-state index is 6.13. The molecule has 1 heterocycles. The molecule has 3 nitrogen and oxygen atoms in total. The lowest BCUT2D eigenvalue weighted by Crippen LogP contribution is -2.50. The van der Waals surface area contributed by atoms with Crippen molar-refractivity contribution in [2.24, 2.45) is 0 Å². The zero-order valence-corrected chi connectivity index (χ0v) is 16.7. The van der Waals surface area contributed by atoms with Crippen molar-refractivity contribution in [2.75, 3.05) is 36.4 Å². The van der Waals surface area contributed by atoms with Crippen LogP contribution in [-0.4, -0.2) is 36.2 Å². The summed E-state index contributed by atoms with van der Waals surface area (Å²) in [6.45, 7) is 7.72. The topological polar surface area (TPSA) is 18.5 Å². The molecule has 1 N–H and O–H groups in total. The molecule has 2 aromatic rings. The van der Waals surface area contributed by atoms with E-state index in [0.717, 1.165) is 42.7 Å². The second-order valence-electron chi connectivity index (χ2n) is 6.38. The number of hydrogen-bond donors (Lipinski definition) is 1. The fourth-order valence-corrected chi connectivity index (χ4v) is 3.69. The van der Waals surface area contributed by atoms with Gasteiger partial charge in [-0.3, -0.25) is 0 Å². The minimum Gasteiger partial charge on any atom is -0.368 e. The molecule has 1 saturated heterocycles. The maximum Gasteiger partial charge on any atom is 0.173 e. The van der Waals surface area contributed by atoms with Crippen LogP contribution in [0.15, 0.2) is 36.4 Å². The Balaban J connectivity index is 1.59. The summed E-state index contributed by atoms with van der Waals surface area (Å²) in [7, 11) is 0. The van der Waals surface area contributed by atoms with Crippen molar-refractivity contribution in [3.8, 4) is 0 Å². The Hall–Kier alpha value is -1.49. The molecule has 25 heavy (non-hydrogen) atoms. The molecule has 1 fully saturated rings. The number of halogens is 2. The number of rotatable bonds is 2. The molecule has 0 aromatic heterocycles. The van der Waals surface area contributed by atoms with Gasteiger partial charge in [-0.05, 0) is 67.5 Å². The van der Waals surface area contributed by atoms with Gasteiger partial charge in [0, 0.05) is 37.6 Å². The molecule has 1 aliphatic rings. The Bertz CT molecular complexity index is 766. The fraction of sp³-hybridized carbons (Fsp3) is 0.316. The van der Waals surface area contributed by atoms with Crippen LogP contribution in [-0.2, 0) is 0 Å². The Morgan fingerprint density at radius 1 is 0.920 bits per heavy atom. The van der Waals surface area contributed by atoms with Crippen LogP contribution < -0.4 is 10.2 Å². The van der Waals surface area contributed by atoms with E-state index in [2.05, 4.69) is 47.2 Å². The fourth-order valence-electron chi connectivity index (χ4n) is 3.10. The first-order chi connectivity index (χ1) is 11.9. The molecule has 0 bridgehead atoms. The average Bonchev–Trinajstić information content (AvgIpc) is 2.56. The molecule has 132 valence electrons. The van der Waals surface area contributed by atoms with Gasteiger partial charge >= 0.3 is 0 Å². The Kier molecular flexibility index (Phi) is 5.72. The molecule has 3 rings (SSSR count). The van der Waals surface area contributed by atoms with Crippen LogP contribution >= 0.6 is 35.4 Å². The van der Waals surface area contributed by atoms with E-state index in [9.17, 15) is 0 Å². The number of nitrogens with one attached hydrogen (secondary N) is 1. The van der Waals surface area contributed by atoms with Crippen LogP contribution in [0.4, 0.5) is 11.4 Å². The Morgan fingerprint density at radius 3 is 2.16 bits per heavy atom. The zero-order chi connectivity index (χ0) is 18.0. The van der Waals surface area contributed by atoms with Crippen molar-refractivity contribution < 1.29 is 0 Å². The lowest BCUT2D eigenvalue weighted by Gasteiger charge is -2.37. The number of aryl methyl sites for hydroxylation is 2. The van der Waals surface area contributed by atoms with Gasteiger partial charge in [0.15, 0.2) is 5.11 Å². The van der Waals surface area contributed by atoms with Gasteiger partial charge in [0.2, 0.25) is 0 Å². The van der Waals surface area contributed by atoms with Crippen molar-refractivity contribution in [1.29, 1.82) is 0 Å². The quantitative estimate of drug-likeness (QED) is 0.712. The lowest BCUT2D eigenvalue weighted by molar-refractivity contribution is 0.391. The molecule has 6 heteroatoms. The summed E-state index contributed by atoms with van der Waals surface area (Å²) in [4.78, 5) is 4.51. The molecular weight excluding hydrogens is 373 g/mol. The molecule has 0 aliphatic carbocycles. The third kappa shape index (κ3) is 4.57. The smallest absolute Gasteiger partial charge is 0.173 e. The first-order valence-electron chi connectivity index (χ1n) is 8.26. The molecule has 0 spiro atoms. The lowest BCUT2D eigenvalue weighted by atomic mass is 10.1. The molecule has 0 saturated carbocycles. The highest BCUT2D eigenvalue weighted by atomic mass is 35.5. The number of benzene rings is 2. The van der Waals surface area contributed by atoms with E-state index in [-0.39, 0.29) is 0 Å². The van der Waals surface area contributed by atoms with E-state index in [1.165, 1.54) is 11.1 Å². The highest BCUT2D eigenvalue weighted by Crippen LogP contribution is 2.27. The molecule has 0 atom stereocenters. The van der Waals surface area contributed by atoms with Crippen LogP contribution in [0.1, 0.15) is 11.1 Å². The zero-order valence-electron chi connectivity index (χ0n) is 14.4. The SMILES string of the molecule is Cc1cc(C)cc(NC(=S)N2CCN(c3ccc(Cl)c(Cl)c3)CC2)c1. The maximum absolute atomic E-state index is 6.13. The monoisotopic (exact) mass is 393 g/mol. The van der Waals surface area contributed by atoms with Crippen LogP contribution in [0.3, 0.4) is 0 Å². The van der Waals surface area contributed by atoms with Crippen LogP contribution in [0.25, 0.3) is 0 Å². The van der Waals surface area contributed by atoms with Crippen molar-refractivity contribution in [1.82, 2.24) is 4.90 Å². The normalized spacial score (nSPS) is 14.6. The first kappa shape index (κ1) is 18.3. The van der Waals surface area contributed by atoms with Crippen LogP contribution in [0, 0.1) is 13.8 Å². The van der Waals surface area contributed by atoms with E-state index in [4.69, 9.17) is 35.4 Å². The van der Waals surface area contributed by atoms with Gasteiger partial charge < -0.3 is 15.1 Å². The summed E-state index contributed by atoms with van der Waals surface area (Å²) >= 11 is 17.7. The minimum atomic E-state index is 0.586. The van der Waals surface area contributed by atoms with Gasteiger partial charge in [-0.1, -0.05) is 29.3 Å². The van der Waals surface area contributed by atoms with Gasteiger partial charge in [0.05, 0.1) is 10.0 Å². The molecule has 0 unspecified atom stereocenters. The molecule has 0 radical (unpaired) electrons. The molecule has 2 aromatic carbocycles. The van der Waals surface area contributed by atoms with Crippen molar-refractivity contribution in [3.63, 3.8) is 0 Å². The number of piperazine rings is 1. The molecule has 0 amide bonds. The van der Waals surface area contributed by atoms with E-state index in [0.29, 0.717) is 10.0 Å². The molecule has 1 aliphatic heterocycles. The number of hydrogen-bond acceptors (Lipinski definition) is 2. The van der Waals surface area contributed by atoms with Gasteiger partial charge in [-0.25, -0.2) is 0 Å². The third-order valence-electron chi connectivity index (χ3n) is 4.31. The van der Waals surface area contributed by atoms with Crippen LogP contribution in [0.5, 0.6) is 0 Å². The number of nitrogens with zero attached hydrogens (tertiary/aromatic N) is 2. The second-order valence-corrected chi connectivity index (χ2v) is 7.58. The number of thiocarbonyl (C=S) groups is 1. The Morgan fingerprint density at radius 2 is 1.56 bits per heavy atom. The van der Waals surface area contributed by atoms with E-state index in [1.54, 1.807) is 0 Å².